The Kier molecular flexibility index (Phi) is 8.32. The van der Waals surface area contributed by atoms with E-state index in [1.165, 1.54) is 0 Å². The first-order chi connectivity index (χ1) is 11.7. The van der Waals surface area contributed by atoms with Crippen molar-refractivity contribution in [3.8, 4) is 11.5 Å². The number of benzene rings is 1. The van der Waals surface area contributed by atoms with E-state index in [2.05, 4.69) is 5.32 Å². The second kappa shape index (κ2) is 10.5. The summed E-state index contributed by atoms with van der Waals surface area (Å²) < 4.78 is 21.5. The van der Waals surface area contributed by atoms with Crippen molar-refractivity contribution in [1.29, 1.82) is 0 Å². The van der Waals surface area contributed by atoms with E-state index in [-0.39, 0.29) is 6.10 Å². The van der Waals surface area contributed by atoms with Crippen LogP contribution in [0.5, 0.6) is 11.5 Å². The minimum absolute atomic E-state index is 0.204. The summed E-state index contributed by atoms with van der Waals surface area (Å²) >= 11 is 0. The molecule has 2 atom stereocenters. The van der Waals surface area contributed by atoms with E-state index in [0.717, 1.165) is 49.5 Å². The van der Waals surface area contributed by atoms with Gasteiger partial charge >= 0.3 is 0 Å². The van der Waals surface area contributed by atoms with E-state index in [1.807, 2.05) is 18.2 Å². The van der Waals surface area contributed by atoms with Crippen molar-refractivity contribution in [2.75, 3.05) is 47.1 Å². The van der Waals surface area contributed by atoms with Gasteiger partial charge in [0.25, 0.3) is 0 Å². The van der Waals surface area contributed by atoms with Gasteiger partial charge in [0.2, 0.25) is 0 Å². The fourth-order valence-electron chi connectivity index (χ4n) is 2.71. The standard InChI is InChI=1S/C18H29NO5/c1-21-17-6-5-14(10-18(17)22-2)7-8-19-11-15(20)12-23-13-16-4-3-9-24-16/h5-6,10,15-16,19-20H,3-4,7-9,11-13H2,1-2H3/t15-,16+/m1/s1. The number of rotatable bonds is 11. The van der Waals surface area contributed by atoms with Crippen molar-refractivity contribution >= 4 is 0 Å². The maximum atomic E-state index is 9.91. The third kappa shape index (κ3) is 6.28. The van der Waals surface area contributed by atoms with Gasteiger partial charge in [-0.2, -0.15) is 0 Å². The van der Waals surface area contributed by atoms with Crippen molar-refractivity contribution in [2.45, 2.75) is 31.5 Å². The molecule has 24 heavy (non-hydrogen) atoms. The first kappa shape index (κ1) is 19.0. The molecule has 1 aliphatic rings. The summed E-state index contributed by atoms with van der Waals surface area (Å²) in [5.41, 5.74) is 1.16. The van der Waals surface area contributed by atoms with Crippen LogP contribution in [0.25, 0.3) is 0 Å². The van der Waals surface area contributed by atoms with Crippen molar-refractivity contribution in [3.05, 3.63) is 23.8 Å². The SMILES string of the molecule is COc1ccc(CCNC[C@@H](O)COC[C@@H]2CCCO2)cc1OC. The minimum atomic E-state index is -0.503. The van der Waals surface area contributed by atoms with E-state index < -0.39 is 6.10 Å². The molecule has 0 unspecified atom stereocenters. The number of hydrogen-bond donors (Lipinski definition) is 2. The molecule has 1 fully saturated rings. The zero-order chi connectivity index (χ0) is 17.2. The highest BCUT2D eigenvalue weighted by Crippen LogP contribution is 2.27. The Bertz CT molecular complexity index is 476. The Balaban J connectivity index is 1.58. The van der Waals surface area contributed by atoms with Gasteiger partial charge in [-0.1, -0.05) is 6.07 Å². The lowest BCUT2D eigenvalue weighted by Gasteiger charge is -2.15. The highest BCUT2D eigenvalue weighted by Gasteiger charge is 2.16. The summed E-state index contributed by atoms with van der Waals surface area (Å²) in [4.78, 5) is 0. The number of nitrogens with one attached hydrogen (secondary N) is 1. The van der Waals surface area contributed by atoms with Gasteiger partial charge in [-0.25, -0.2) is 0 Å². The van der Waals surface area contributed by atoms with Gasteiger partial charge < -0.3 is 29.4 Å². The lowest BCUT2D eigenvalue weighted by molar-refractivity contribution is -0.0163. The quantitative estimate of drug-likeness (QED) is 0.594. The van der Waals surface area contributed by atoms with E-state index >= 15 is 0 Å². The molecule has 0 bridgehead atoms. The van der Waals surface area contributed by atoms with Crippen LogP contribution in [0.1, 0.15) is 18.4 Å². The fourth-order valence-corrected chi connectivity index (χ4v) is 2.71. The van der Waals surface area contributed by atoms with Gasteiger partial charge in [0, 0.05) is 13.2 Å². The lowest BCUT2D eigenvalue weighted by atomic mass is 10.1. The maximum Gasteiger partial charge on any atom is 0.160 e. The molecular weight excluding hydrogens is 310 g/mol. The fraction of sp³-hybridized carbons (Fsp3) is 0.667. The average molecular weight is 339 g/mol. The summed E-state index contributed by atoms with van der Waals surface area (Å²) in [5.74, 6) is 1.46. The van der Waals surface area contributed by atoms with Crippen LogP contribution in [0.3, 0.4) is 0 Å². The minimum Gasteiger partial charge on any atom is -0.493 e. The van der Waals surface area contributed by atoms with Crippen LogP contribution in [0.4, 0.5) is 0 Å². The molecule has 2 rings (SSSR count). The summed E-state index contributed by atoms with van der Waals surface area (Å²) in [6, 6.07) is 5.90. The normalized spacial score (nSPS) is 18.5. The smallest absolute Gasteiger partial charge is 0.160 e. The van der Waals surface area contributed by atoms with E-state index in [0.29, 0.717) is 19.8 Å². The summed E-state index contributed by atoms with van der Waals surface area (Å²) in [5, 5.41) is 13.2. The topological polar surface area (TPSA) is 69.2 Å². The summed E-state index contributed by atoms with van der Waals surface area (Å²) in [6.07, 6.45) is 2.71. The number of methoxy groups -OCH3 is 2. The third-order valence-electron chi connectivity index (χ3n) is 4.06. The molecule has 0 aliphatic carbocycles. The Morgan fingerprint density at radius 3 is 2.83 bits per heavy atom. The largest absolute Gasteiger partial charge is 0.493 e. The molecule has 2 N–H and O–H groups in total. The van der Waals surface area contributed by atoms with Crippen LogP contribution in [-0.2, 0) is 15.9 Å². The van der Waals surface area contributed by atoms with Crippen molar-refractivity contribution in [3.63, 3.8) is 0 Å². The number of hydrogen-bond acceptors (Lipinski definition) is 6. The van der Waals surface area contributed by atoms with Gasteiger partial charge in [-0.05, 0) is 43.5 Å². The number of ether oxygens (including phenoxy) is 4. The van der Waals surface area contributed by atoms with E-state index in [4.69, 9.17) is 18.9 Å². The molecule has 6 nitrogen and oxygen atoms in total. The first-order valence-corrected chi connectivity index (χ1v) is 8.52. The third-order valence-corrected chi connectivity index (χ3v) is 4.06. The van der Waals surface area contributed by atoms with Crippen LogP contribution in [0.15, 0.2) is 18.2 Å². The Morgan fingerprint density at radius 2 is 2.12 bits per heavy atom. The van der Waals surface area contributed by atoms with Gasteiger partial charge in [-0.15, -0.1) is 0 Å². The highest BCUT2D eigenvalue weighted by atomic mass is 16.5. The average Bonchev–Trinajstić information content (AvgIpc) is 3.12. The van der Waals surface area contributed by atoms with E-state index in [9.17, 15) is 5.11 Å². The van der Waals surface area contributed by atoms with E-state index in [1.54, 1.807) is 14.2 Å². The Morgan fingerprint density at radius 1 is 1.29 bits per heavy atom. The molecule has 6 heteroatoms. The van der Waals surface area contributed by atoms with Gasteiger partial charge in [0.05, 0.1) is 39.6 Å². The lowest BCUT2D eigenvalue weighted by Crippen LogP contribution is -2.32. The second-order valence-corrected chi connectivity index (χ2v) is 5.97. The zero-order valence-electron chi connectivity index (χ0n) is 14.6. The van der Waals surface area contributed by atoms with Crippen LogP contribution < -0.4 is 14.8 Å². The molecule has 0 saturated carbocycles. The number of aliphatic hydroxyl groups is 1. The molecule has 0 radical (unpaired) electrons. The maximum absolute atomic E-state index is 9.91. The Hall–Kier alpha value is -1.34. The molecule has 1 aromatic carbocycles. The van der Waals surface area contributed by atoms with Crippen molar-refractivity contribution in [1.82, 2.24) is 5.32 Å². The van der Waals surface area contributed by atoms with Crippen molar-refractivity contribution < 1.29 is 24.1 Å². The highest BCUT2D eigenvalue weighted by molar-refractivity contribution is 5.42. The van der Waals surface area contributed by atoms with Crippen LogP contribution in [-0.4, -0.2) is 64.4 Å². The molecule has 1 aliphatic heterocycles. The number of aliphatic hydroxyl groups excluding tert-OH is 1. The molecule has 0 spiro atoms. The van der Waals surface area contributed by atoms with Crippen LogP contribution >= 0.6 is 0 Å². The molecule has 0 aromatic heterocycles. The predicted octanol–water partition coefficient (Wildman–Crippen LogP) is 1.39. The molecular formula is C18H29NO5. The second-order valence-electron chi connectivity index (χ2n) is 5.97. The van der Waals surface area contributed by atoms with Gasteiger partial charge in [0.15, 0.2) is 11.5 Å². The predicted molar refractivity (Wildman–Crippen MR) is 91.9 cm³/mol. The Labute approximate surface area is 144 Å². The van der Waals surface area contributed by atoms with Gasteiger partial charge in [-0.3, -0.25) is 0 Å². The zero-order valence-corrected chi connectivity index (χ0v) is 14.6. The van der Waals surface area contributed by atoms with Crippen molar-refractivity contribution in [2.24, 2.45) is 0 Å². The molecule has 1 aromatic rings. The summed E-state index contributed by atoms with van der Waals surface area (Å²) in [6.45, 7) is 3.03. The first-order valence-electron chi connectivity index (χ1n) is 8.52. The molecule has 1 heterocycles. The molecule has 0 amide bonds. The van der Waals surface area contributed by atoms with Crippen LogP contribution in [0, 0.1) is 0 Å². The molecule has 136 valence electrons. The molecule has 1 saturated heterocycles. The summed E-state index contributed by atoms with van der Waals surface area (Å²) in [7, 11) is 3.26. The van der Waals surface area contributed by atoms with Crippen LogP contribution in [0.2, 0.25) is 0 Å². The monoisotopic (exact) mass is 339 g/mol. The van der Waals surface area contributed by atoms with Gasteiger partial charge in [0.1, 0.15) is 0 Å².